The van der Waals surface area contributed by atoms with E-state index in [0.717, 1.165) is 66.1 Å². The predicted octanol–water partition coefficient (Wildman–Crippen LogP) is 7.66. The molecule has 2 heterocycles. The van der Waals surface area contributed by atoms with Crippen molar-refractivity contribution in [3.63, 3.8) is 0 Å². The van der Waals surface area contributed by atoms with Gasteiger partial charge in [-0.1, -0.05) is 42.5 Å². The van der Waals surface area contributed by atoms with Crippen molar-refractivity contribution in [3.8, 4) is 11.5 Å². The van der Waals surface area contributed by atoms with Crippen molar-refractivity contribution >= 4 is 11.8 Å². The van der Waals surface area contributed by atoms with Gasteiger partial charge in [-0.2, -0.15) is 0 Å². The van der Waals surface area contributed by atoms with Gasteiger partial charge in [0.1, 0.15) is 17.1 Å². The highest BCUT2D eigenvalue weighted by molar-refractivity contribution is 5.68. The summed E-state index contributed by atoms with van der Waals surface area (Å²) in [5, 5.41) is 13.3. The minimum atomic E-state index is -0.582. The number of fused-ring (bicyclic) bond motifs is 1. The monoisotopic (exact) mass is 674 g/mol. The maximum atomic E-state index is 13.2. The molecule has 9 heteroatoms. The quantitative estimate of drug-likeness (QED) is 0.159. The molecule has 49 heavy (non-hydrogen) atoms. The van der Waals surface area contributed by atoms with Crippen molar-refractivity contribution in [3.05, 3.63) is 89.0 Å². The molecule has 5 rings (SSSR count). The minimum absolute atomic E-state index is 0.0727. The molecule has 3 aromatic carbocycles. The molecular formula is C40H54N2O7. The Hall–Kier alpha value is -3.79. The second kappa shape index (κ2) is 17.7. The zero-order valence-electron chi connectivity index (χ0n) is 29.6. The molecule has 0 spiro atoms. The predicted molar refractivity (Wildman–Crippen MR) is 192 cm³/mol. The van der Waals surface area contributed by atoms with Crippen LogP contribution >= 0.6 is 0 Å². The maximum Gasteiger partial charge on any atom is 0.410 e. The average Bonchev–Trinajstić information content (AvgIpc) is 3.11. The Kier molecular flexibility index (Phi) is 13.2. The molecule has 2 aliphatic rings. The summed E-state index contributed by atoms with van der Waals surface area (Å²) >= 11 is 0. The summed E-state index contributed by atoms with van der Waals surface area (Å²) in [6.45, 7) is 9.36. The largest absolute Gasteiger partial charge is 0.496 e. The summed E-state index contributed by atoms with van der Waals surface area (Å²) < 4.78 is 30.0. The van der Waals surface area contributed by atoms with Crippen LogP contribution in [0.5, 0.6) is 11.5 Å². The molecule has 0 radical (unpaired) electrons. The molecule has 9 nitrogen and oxygen atoms in total. The lowest BCUT2D eigenvalue weighted by Gasteiger charge is -2.40. The smallest absolute Gasteiger partial charge is 0.410 e. The number of carbonyl (C=O) groups is 1. The van der Waals surface area contributed by atoms with Crippen LogP contribution in [0.1, 0.15) is 87.2 Å². The number of methoxy groups -OCH3 is 1. The van der Waals surface area contributed by atoms with Crippen molar-refractivity contribution in [2.75, 3.05) is 51.9 Å². The van der Waals surface area contributed by atoms with E-state index < -0.39 is 5.60 Å². The third-order valence-corrected chi connectivity index (χ3v) is 9.08. The number of hydrogen-bond donors (Lipinski definition) is 2. The van der Waals surface area contributed by atoms with Gasteiger partial charge in [-0.05, 0) is 93.8 Å². The minimum Gasteiger partial charge on any atom is -0.496 e. The fraction of sp³-hybridized carbons (Fsp3) is 0.525. The van der Waals surface area contributed by atoms with Crippen LogP contribution in [0.3, 0.4) is 0 Å². The first-order valence-corrected chi connectivity index (χ1v) is 17.8. The van der Waals surface area contributed by atoms with E-state index in [2.05, 4.69) is 35.6 Å². The molecule has 1 saturated heterocycles. The standard InChI is InChI=1S/C40H54N2O7/c1-40(2,3)49-39(44)42-22-20-34(38(27-42)48-37(13-8-23-43)31-15-14-30-11-7-21-41-35(30)26-31)29-16-18-33(19-17-29)47-25-9-24-46-28-32-10-5-6-12-36(32)45-4/h5-6,10,12,14-19,26,34,37-38,41,43H,7-9,11,13,20-25,27-28H2,1-4H3/t34-,37?,38+/m1/s1. The van der Waals surface area contributed by atoms with Crippen molar-refractivity contribution < 1.29 is 33.6 Å². The number of likely N-dealkylation sites (tertiary alicyclic amines) is 1. The van der Waals surface area contributed by atoms with Crippen LogP contribution in [0.2, 0.25) is 0 Å². The van der Waals surface area contributed by atoms with Gasteiger partial charge < -0.3 is 39.0 Å². The SMILES string of the molecule is COc1ccccc1COCCCOc1ccc([C@H]2CCN(C(=O)OC(C)(C)C)C[C@@H]2OC(CCCO)c2ccc3c(c2)NCCC3)cc1. The molecule has 0 saturated carbocycles. The molecule has 2 aliphatic heterocycles. The summed E-state index contributed by atoms with van der Waals surface area (Å²) in [4.78, 5) is 15.0. The molecular weight excluding hydrogens is 620 g/mol. The van der Waals surface area contributed by atoms with Crippen LogP contribution in [0.4, 0.5) is 10.5 Å². The van der Waals surface area contributed by atoms with Crippen LogP contribution < -0.4 is 14.8 Å². The number of carbonyl (C=O) groups excluding carboxylic acids is 1. The number of anilines is 1. The average molecular weight is 675 g/mol. The van der Waals surface area contributed by atoms with Gasteiger partial charge in [-0.25, -0.2) is 4.79 Å². The molecule has 1 amide bonds. The van der Waals surface area contributed by atoms with Gasteiger partial charge >= 0.3 is 6.09 Å². The number of nitrogens with zero attached hydrogens (tertiary/aromatic N) is 1. The highest BCUT2D eigenvalue weighted by Gasteiger charge is 2.37. The molecule has 266 valence electrons. The number of para-hydroxylation sites is 1. The van der Waals surface area contributed by atoms with Crippen molar-refractivity contribution in [1.82, 2.24) is 4.90 Å². The van der Waals surface area contributed by atoms with E-state index in [1.54, 1.807) is 12.0 Å². The third-order valence-electron chi connectivity index (χ3n) is 9.08. The lowest BCUT2D eigenvalue weighted by atomic mass is 9.86. The molecule has 0 aromatic heterocycles. The lowest BCUT2D eigenvalue weighted by molar-refractivity contribution is -0.0688. The molecule has 2 N–H and O–H groups in total. The van der Waals surface area contributed by atoms with Gasteiger partial charge in [-0.15, -0.1) is 0 Å². The fourth-order valence-electron chi connectivity index (χ4n) is 6.57. The summed E-state index contributed by atoms with van der Waals surface area (Å²) in [7, 11) is 1.67. The number of rotatable bonds is 15. The van der Waals surface area contributed by atoms with Gasteiger partial charge in [-0.3, -0.25) is 0 Å². The number of aliphatic hydroxyl groups excluding tert-OH is 1. The number of benzene rings is 3. The number of piperidine rings is 1. The molecule has 3 aromatic rings. The zero-order chi connectivity index (χ0) is 34.6. The van der Waals surface area contributed by atoms with Crippen molar-refractivity contribution in [2.24, 2.45) is 0 Å². The molecule has 0 aliphatic carbocycles. The fourth-order valence-corrected chi connectivity index (χ4v) is 6.57. The molecule has 0 bridgehead atoms. The van der Waals surface area contributed by atoms with E-state index in [-0.39, 0.29) is 30.8 Å². The van der Waals surface area contributed by atoms with Gasteiger partial charge in [0.05, 0.1) is 45.7 Å². The first-order valence-electron chi connectivity index (χ1n) is 17.8. The Morgan fingerprint density at radius 3 is 2.63 bits per heavy atom. The van der Waals surface area contributed by atoms with Crippen LogP contribution in [0, 0.1) is 0 Å². The third kappa shape index (κ3) is 10.6. The first kappa shape index (κ1) is 36.5. The van der Waals surface area contributed by atoms with Gasteiger partial charge in [0.15, 0.2) is 0 Å². The Balaban J connectivity index is 1.24. The lowest BCUT2D eigenvalue weighted by Crippen LogP contribution is -2.48. The molecule has 3 atom stereocenters. The van der Waals surface area contributed by atoms with Crippen LogP contribution in [0.25, 0.3) is 0 Å². The van der Waals surface area contributed by atoms with Crippen molar-refractivity contribution in [1.29, 1.82) is 0 Å². The van der Waals surface area contributed by atoms with Crippen LogP contribution in [-0.2, 0) is 27.2 Å². The van der Waals surface area contributed by atoms with Crippen LogP contribution in [0.15, 0.2) is 66.7 Å². The van der Waals surface area contributed by atoms with Gasteiger partial charge in [0.2, 0.25) is 0 Å². The second-order valence-electron chi connectivity index (χ2n) is 13.9. The van der Waals surface area contributed by atoms with E-state index >= 15 is 0 Å². The topological polar surface area (TPSA) is 98.7 Å². The van der Waals surface area contributed by atoms with Gasteiger partial charge in [0, 0.05) is 43.3 Å². The summed E-state index contributed by atoms with van der Waals surface area (Å²) in [6.07, 6.45) is 4.21. The number of nitrogens with one attached hydrogen (secondary N) is 1. The highest BCUT2D eigenvalue weighted by atomic mass is 16.6. The first-order chi connectivity index (χ1) is 23.7. The highest BCUT2D eigenvalue weighted by Crippen LogP contribution is 2.37. The Morgan fingerprint density at radius 2 is 1.86 bits per heavy atom. The summed E-state index contributed by atoms with van der Waals surface area (Å²) in [5.41, 5.74) is 5.17. The number of aryl methyl sites for hydroxylation is 1. The summed E-state index contributed by atoms with van der Waals surface area (Å²) in [6, 6.07) is 22.7. The van der Waals surface area contributed by atoms with E-state index in [4.69, 9.17) is 23.7 Å². The Bertz CT molecular complexity index is 1470. The Morgan fingerprint density at radius 1 is 1.04 bits per heavy atom. The van der Waals surface area contributed by atoms with Gasteiger partial charge in [0.25, 0.3) is 0 Å². The van der Waals surface area contributed by atoms with Crippen molar-refractivity contribution in [2.45, 2.75) is 89.6 Å². The zero-order valence-corrected chi connectivity index (χ0v) is 29.6. The maximum absolute atomic E-state index is 13.2. The van der Waals surface area contributed by atoms with E-state index in [9.17, 15) is 9.90 Å². The Labute approximate surface area is 291 Å². The van der Waals surface area contributed by atoms with E-state index in [0.29, 0.717) is 45.8 Å². The molecule has 1 unspecified atom stereocenters. The number of amides is 1. The van der Waals surface area contributed by atoms with E-state index in [1.807, 2.05) is 57.2 Å². The number of ether oxygens (including phenoxy) is 5. The van der Waals surface area contributed by atoms with Crippen LogP contribution in [-0.4, -0.2) is 74.4 Å². The van der Waals surface area contributed by atoms with E-state index in [1.165, 1.54) is 5.56 Å². The normalized spacial score (nSPS) is 18.3. The number of aliphatic hydroxyl groups is 1. The number of hydrogen-bond acceptors (Lipinski definition) is 8. The molecule has 1 fully saturated rings. The second-order valence-corrected chi connectivity index (χ2v) is 13.9. The summed E-state index contributed by atoms with van der Waals surface area (Å²) in [5.74, 6) is 1.71.